The number of halogens is 1. The van der Waals surface area contributed by atoms with Gasteiger partial charge in [-0.15, -0.1) is 0 Å². The number of nitrogens with zero attached hydrogens (tertiary/aromatic N) is 1. The largest absolute Gasteiger partial charge is 0.466 e. The number of benzene rings is 1. The van der Waals surface area contributed by atoms with Gasteiger partial charge in [0.25, 0.3) is 0 Å². The number of anilines is 1. The number of aliphatic hydroxyl groups is 1. The molecule has 2 unspecified atom stereocenters. The monoisotopic (exact) mass is 520 g/mol. The van der Waals surface area contributed by atoms with E-state index in [0.29, 0.717) is 49.4 Å². The van der Waals surface area contributed by atoms with E-state index in [-0.39, 0.29) is 25.0 Å². The molecule has 2 bridgehead atoms. The molecule has 2 amide bonds. The number of amides is 2. The van der Waals surface area contributed by atoms with E-state index in [1.807, 2.05) is 26.0 Å². The number of fused-ring (bicyclic) bond motifs is 1. The number of unbranched alkanes of at least 4 members (excludes halogenated alkanes) is 3. The van der Waals surface area contributed by atoms with Crippen LogP contribution in [-0.2, 0) is 23.9 Å². The van der Waals surface area contributed by atoms with Crippen LogP contribution in [0.2, 0.25) is 5.02 Å². The van der Waals surface area contributed by atoms with Gasteiger partial charge in [-0.1, -0.05) is 43.5 Å². The topological polar surface area (TPSA) is 105 Å². The summed E-state index contributed by atoms with van der Waals surface area (Å²) in [6.45, 7) is 6.29. The van der Waals surface area contributed by atoms with Crippen LogP contribution in [0.5, 0.6) is 0 Å². The average Bonchev–Trinajstić information content (AvgIpc) is 3.45. The highest BCUT2D eigenvalue weighted by molar-refractivity contribution is 6.34. The van der Waals surface area contributed by atoms with Gasteiger partial charge in [-0.3, -0.25) is 14.4 Å². The summed E-state index contributed by atoms with van der Waals surface area (Å²) < 4.78 is 12.1. The lowest BCUT2D eigenvalue weighted by molar-refractivity contribution is -0.160. The van der Waals surface area contributed by atoms with E-state index in [1.54, 1.807) is 17.9 Å². The maximum Gasteiger partial charge on any atom is 0.312 e. The van der Waals surface area contributed by atoms with Crippen molar-refractivity contribution < 1.29 is 29.0 Å². The Balaban J connectivity index is 1.70. The highest BCUT2D eigenvalue weighted by Gasteiger charge is 2.78. The van der Waals surface area contributed by atoms with Crippen molar-refractivity contribution in [2.24, 2.45) is 11.8 Å². The highest BCUT2D eigenvalue weighted by atomic mass is 35.5. The van der Waals surface area contributed by atoms with Crippen molar-refractivity contribution in [3.63, 3.8) is 0 Å². The molecule has 3 aliphatic heterocycles. The number of ether oxygens (including phenoxy) is 2. The van der Waals surface area contributed by atoms with Crippen molar-refractivity contribution in [2.75, 3.05) is 25.1 Å². The van der Waals surface area contributed by atoms with Gasteiger partial charge in [0.2, 0.25) is 11.8 Å². The van der Waals surface area contributed by atoms with Gasteiger partial charge in [0.1, 0.15) is 17.6 Å². The summed E-state index contributed by atoms with van der Waals surface area (Å²) in [4.78, 5) is 42.7. The molecule has 0 aromatic heterocycles. The standard InChI is InChI=1S/C27H37ClN2O6/c1-4-26-13-14-27(36-26)19(20(26)25(34)35-5-2)24(33)30(15-8-6-7-9-16-31)22(27)23(32)29-21-17(3)11-10-12-18(21)28/h10-12,19-20,22,31H,4-9,13-16H2,1-3H3,(H,29,32)/t19-,20-,22?,26+,27?/m0/s1. The van der Waals surface area contributed by atoms with Crippen LogP contribution in [0.1, 0.15) is 64.4 Å². The molecule has 36 heavy (non-hydrogen) atoms. The smallest absolute Gasteiger partial charge is 0.312 e. The maximum atomic E-state index is 14.0. The Morgan fingerprint density at radius 2 is 1.97 bits per heavy atom. The lowest BCUT2D eigenvalue weighted by atomic mass is 9.65. The maximum absolute atomic E-state index is 14.0. The molecule has 3 aliphatic rings. The van der Waals surface area contributed by atoms with E-state index in [1.165, 1.54) is 0 Å². The molecule has 1 spiro atoms. The highest BCUT2D eigenvalue weighted by Crippen LogP contribution is 2.64. The number of carbonyl (C=O) groups excluding carboxylic acids is 3. The quantitative estimate of drug-likeness (QED) is 0.339. The Morgan fingerprint density at radius 1 is 1.22 bits per heavy atom. The number of nitrogens with one attached hydrogen (secondary N) is 1. The first kappa shape index (κ1) is 26.9. The molecule has 2 N–H and O–H groups in total. The van der Waals surface area contributed by atoms with Crippen molar-refractivity contribution >= 4 is 35.1 Å². The fraction of sp³-hybridized carbons (Fsp3) is 0.667. The summed E-state index contributed by atoms with van der Waals surface area (Å²) in [7, 11) is 0. The Bertz CT molecular complexity index is 998. The summed E-state index contributed by atoms with van der Waals surface area (Å²) in [6, 6.07) is 4.51. The molecule has 5 atom stereocenters. The van der Waals surface area contributed by atoms with E-state index in [4.69, 9.17) is 26.2 Å². The fourth-order valence-electron chi connectivity index (χ4n) is 6.58. The second-order valence-corrected chi connectivity index (χ2v) is 10.6. The number of likely N-dealkylation sites (tertiary alicyclic amines) is 1. The molecular weight excluding hydrogens is 484 g/mol. The summed E-state index contributed by atoms with van der Waals surface area (Å²) in [5.41, 5.74) is -0.567. The lowest BCUT2D eigenvalue weighted by Crippen LogP contribution is -2.53. The van der Waals surface area contributed by atoms with Crippen LogP contribution in [0.25, 0.3) is 0 Å². The summed E-state index contributed by atoms with van der Waals surface area (Å²) in [5, 5.41) is 12.5. The van der Waals surface area contributed by atoms with Crippen LogP contribution in [0, 0.1) is 18.8 Å². The third-order valence-corrected chi connectivity index (χ3v) is 8.56. The van der Waals surface area contributed by atoms with Crippen LogP contribution >= 0.6 is 11.6 Å². The third-order valence-electron chi connectivity index (χ3n) is 8.25. The van der Waals surface area contributed by atoms with Gasteiger partial charge in [0.15, 0.2) is 0 Å². The Kier molecular flexibility index (Phi) is 7.98. The predicted molar refractivity (Wildman–Crippen MR) is 136 cm³/mol. The second-order valence-electron chi connectivity index (χ2n) is 10.2. The number of hydrogen-bond donors (Lipinski definition) is 2. The number of aryl methyl sites for hydroxylation is 1. The number of hydrogen-bond acceptors (Lipinski definition) is 6. The Hall–Kier alpha value is -2.16. The van der Waals surface area contributed by atoms with E-state index >= 15 is 0 Å². The van der Waals surface area contributed by atoms with Gasteiger partial charge in [0, 0.05) is 13.2 Å². The first-order chi connectivity index (χ1) is 17.3. The van der Waals surface area contributed by atoms with Crippen LogP contribution < -0.4 is 5.32 Å². The zero-order valence-electron chi connectivity index (χ0n) is 21.3. The zero-order chi connectivity index (χ0) is 26.1. The van der Waals surface area contributed by atoms with E-state index in [2.05, 4.69) is 5.32 Å². The zero-order valence-corrected chi connectivity index (χ0v) is 22.1. The number of carbonyl (C=O) groups is 3. The summed E-state index contributed by atoms with van der Waals surface area (Å²) >= 11 is 6.40. The SMILES string of the molecule is CCOC(=O)[C@@H]1[C@H]2C(=O)N(CCCCCCO)C(C(=O)Nc3c(C)cccc3Cl)C23CC[C@@]1(CC)O3. The molecule has 0 radical (unpaired) electrons. The lowest BCUT2D eigenvalue weighted by Gasteiger charge is -2.33. The van der Waals surface area contributed by atoms with Crippen LogP contribution in [0.3, 0.4) is 0 Å². The molecule has 4 rings (SSSR count). The molecule has 0 saturated carbocycles. The molecule has 1 aromatic carbocycles. The molecular formula is C27H37ClN2O6. The molecule has 1 aromatic rings. The number of para-hydroxylation sites is 1. The fourth-order valence-corrected chi connectivity index (χ4v) is 6.85. The first-order valence-corrected chi connectivity index (χ1v) is 13.5. The van der Waals surface area contributed by atoms with Crippen molar-refractivity contribution in [3.05, 3.63) is 28.8 Å². The first-order valence-electron chi connectivity index (χ1n) is 13.1. The molecule has 3 heterocycles. The van der Waals surface area contributed by atoms with Gasteiger partial charge in [-0.25, -0.2) is 0 Å². The van der Waals surface area contributed by atoms with Crippen LogP contribution in [0.4, 0.5) is 5.69 Å². The van der Waals surface area contributed by atoms with E-state index in [9.17, 15) is 14.4 Å². The summed E-state index contributed by atoms with van der Waals surface area (Å²) in [5.74, 6) is -2.49. The van der Waals surface area contributed by atoms with E-state index in [0.717, 1.165) is 18.4 Å². The van der Waals surface area contributed by atoms with Crippen molar-refractivity contribution in [3.8, 4) is 0 Å². The van der Waals surface area contributed by atoms with E-state index < -0.39 is 35.0 Å². The minimum atomic E-state index is -1.09. The predicted octanol–water partition coefficient (Wildman–Crippen LogP) is 3.86. The number of aliphatic hydroxyl groups excluding tert-OH is 1. The molecule has 3 fully saturated rings. The number of esters is 1. The van der Waals surface area contributed by atoms with Gasteiger partial charge in [-0.05, 0) is 57.6 Å². The molecule has 8 nitrogen and oxygen atoms in total. The number of rotatable bonds is 11. The van der Waals surface area contributed by atoms with Crippen LogP contribution in [-0.4, -0.2) is 64.8 Å². The van der Waals surface area contributed by atoms with Gasteiger partial charge >= 0.3 is 5.97 Å². The third kappa shape index (κ3) is 4.31. The normalized spacial score (nSPS) is 30.5. The molecule has 3 saturated heterocycles. The Labute approximate surface area is 217 Å². The van der Waals surface area contributed by atoms with Gasteiger partial charge in [0.05, 0.1) is 28.8 Å². The minimum absolute atomic E-state index is 0.129. The second kappa shape index (κ2) is 10.7. The van der Waals surface area contributed by atoms with Gasteiger partial charge < -0.3 is 24.8 Å². The van der Waals surface area contributed by atoms with Crippen molar-refractivity contribution in [1.29, 1.82) is 0 Å². The Morgan fingerprint density at radius 3 is 2.64 bits per heavy atom. The average molecular weight is 521 g/mol. The molecule has 198 valence electrons. The molecule has 9 heteroatoms. The van der Waals surface area contributed by atoms with Crippen molar-refractivity contribution in [2.45, 2.75) is 83.0 Å². The van der Waals surface area contributed by atoms with Crippen molar-refractivity contribution in [1.82, 2.24) is 4.90 Å². The summed E-state index contributed by atoms with van der Waals surface area (Å²) in [6.07, 6.45) is 4.71. The van der Waals surface area contributed by atoms with Crippen LogP contribution in [0.15, 0.2) is 18.2 Å². The van der Waals surface area contributed by atoms with Gasteiger partial charge in [-0.2, -0.15) is 0 Å². The molecule has 0 aliphatic carbocycles. The minimum Gasteiger partial charge on any atom is -0.466 e.